The van der Waals surface area contributed by atoms with Crippen LogP contribution in [-0.4, -0.2) is 47.5 Å². The number of ether oxygens (including phenoxy) is 1. The molecule has 0 atom stereocenters. The Bertz CT molecular complexity index is 713. The van der Waals surface area contributed by atoms with Crippen molar-refractivity contribution in [3.63, 3.8) is 0 Å². The zero-order chi connectivity index (χ0) is 16.2. The minimum absolute atomic E-state index is 0.703. The second kappa shape index (κ2) is 7.05. The molecule has 0 aliphatic carbocycles. The van der Waals surface area contributed by atoms with E-state index in [-0.39, 0.29) is 0 Å². The van der Waals surface area contributed by atoms with Crippen LogP contribution in [-0.2, 0) is 4.74 Å². The van der Waals surface area contributed by atoms with Gasteiger partial charge in [-0.15, -0.1) is 0 Å². The van der Waals surface area contributed by atoms with Crippen molar-refractivity contribution in [3.05, 3.63) is 30.7 Å². The van der Waals surface area contributed by atoms with Crippen LogP contribution in [0.4, 0.5) is 11.6 Å². The Kier molecular flexibility index (Phi) is 4.46. The van der Waals surface area contributed by atoms with E-state index in [1.165, 1.54) is 19.3 Å². The molecular weight excluding hydrogens is 302 g/mol. The van der Waals surface area contributed by atoms with Crippen LogP contribution in [0.25, 0.3) is 11.3 Å². The fraction of sp³-hybridized carbons (Fsp3) is 0.444. The van der Waals surface area contributed by atoms with Gasteiger partial charge in [-0.1, -0.05) is 0 Å². The first-order valence-corrected chi connectivity index (χ1v) is 8.53. The highest BCUT2D eigenvalue weighted by atomic mass is 16.5. The molecule has 2 aromatic heterocycles. The Balaban J connectivity index is 1.49. The highest BCUT2D eigenvalue weighted by molar-refractivity contribution is 5.78. The zero-order valence-electron chi connectivity index (χ0n) is 13.6. The first-order chi connectivity index (χ1) is 11.9. The minimum Gasteiger partial charge on any atom is -0.381 e. The molecule has 124 valence electrons. The molecule has 0 N–H and O–H groups in total. The SMILES string of the molecule is C1=Nc2nc(-c3cccnc3)cnc2N(CCC2CCOCC2)C1. The molecule has 2 aromatic rings. The number of hydrogen-bond acceptors (Lipinski definition) is 6. The molecule has 0 amide bonds. The molecule has 0 bridgehead atoms. The maximum Gasteiger partial charge on any atom is 0.195 e. The van der Waals surface area contributed by atoms with Crippen LogP contribution in [0.1, 0.15) is 19.3 Å². The van der Waals surface area contributed by atoms with Gasteiger partial charge in [0.05, 0.1) is 18.4 Å². The minimum atomic E-state index is 0.703. The van der Waals surface area contributed by atoms with Crippen LogP contribution in [0.5, 0.6) is 0 Å². The van der Waals surface area contributed by atoms with Crippen LogP contribution in [0.2, 0.25) is 0 Å². The van der Waals surface area contributed by atoms with Crippen LogP contribution in [0, 0.1) is 5.92 Å². The van der Waals surface area contributed by atoms with E-state index in [4.69, 9.17) is 4.74 Å². The van der Waals surface area contributed by atoms with Crippen LogP contribution in [0.3, 0.4) is 0 Å². The third-order valence-corrected chi connectivity index (χ3v) is 4.66. The quantitative estimate of drug-likeness (QED) is 0.865. The fourth-order valence-corrected chi connectivity index (χ4v) is 3.22. The smallest absolute Gasteiger partial charge is 0.195 e. The van der Waals surface area contributed by atoms with Crippen molar-refractivity contribution in [1.82, 2.24) is 15.0 Å². The van der Waals surface area contributed by atoms with Crippen molar-refractivity contribution in [2.45, 2.75) is 19.3 Å². The summed E-state index contributed by atoms with van der Waals surface area (Å²) in [6.07, 6.45) is 10.8. The maximum atomic E-state index is 5.44. The normalized spacial score (nSPS) is 17.8. The van der Waals surface area contributed by atoms with Gasteiger partial charge in [-0.25, -0.2) is 15.0 Å². The summed E-state index contributed by atoms with van der Waals surface area (Å²) in [7, 11) is 0. The van der Waals surface area contributed by atoms with Crippen LogP contribution in [0.15, 0.2) is 35.7 Å². The predicted octanol–water partition coefficient (Wildman–Crippen LogP) is 2.88. The van der Waals surface area contributed by atoms with Gasteiger partial charge in [-0.05, 0) is 37.3 Å². The average Bonchev–Trinajstić information content (AvgIpc) is 2.67. The lowest BCUT2D eigenvalue weighted by molar-refractivity contribution is 0.0645. The summed E-state index contributed by atoms with van der Waals surface area (Å²) in [5, 5.41) is 0. The molecule has 0 radical (unpaired) electrons. The third kappa shape index (κ3) is 3.28. The molecule has 6 heteroatoms. The molecule has 4 rings (SSSR count). The topological polar surface area (TPSA) is 63.5 Å². The summed E-state index contributed by atoms with van der Waals surface area (Å²) in [5.74, 6) is 2.34. The van der Waals surface area contributed by atoms with Gasteiger partial charge < -0.3 is 9.64 Å². The molecular formula is C18H21N5O. The van der Waals surface area contributed by atoms with Crippen LogP contribution < -0.4 is 4.90 Å². The molecule has 24 heavy (non-hydrogen) atoms. The highest BCUT2D eigenvalue weighted by Crippen LogP contribution is 2.30. The number of nitrogens with zero attached hydrogens (tertiary/aromatic N) is 5. The van der Waals surface area contributed by atoms with Gasteiger partial charge in [-0.2, -0.15) is 0 Å². The summed E-state index contributed by atoms with van der Waals surface area (Å²) in [5.41, 5.74) is 1.77. The van der Waals surface area contributed by atoms with Gasteiger partial charge in [0.1, 0.15) is 0 Å². The largest absolute Gasteiger partial charge is 0.381 e. The summed E-state index contributed by atoms with van der Waals surface area (Å²) in [6.45, 7) is 3.59. The monoisotopic (exact) mass is 323 g/mol. The highest BCUT2D eigenvalue weighted by Gasteiger charge is 2.20. The van der Waals surface area contributed by atoms with Crippen molar-refractivity contribution >= 4 is 17.9 Å². The number of aliphatic imine (C=N–C) groups is 1. The van der Waals surface area contributed by atoms with Crippen molar-refractivity contribution in [1.29, 1.82) is 0 Å². The van der Waals surface area contributed by atoms with Crippen molar-refractivity contribution in [2.24, 2.45) is 10.9 Å². The van der Waals surface area contributed by atoms with E-state index in [0.29, 0.717) is 5.82 Å². The van der Waals surface area contributed by atoms with Gasteiger partial charge in [-0.3, -0.25) is 4.98 Å². The number of rotatable bonds is 4. The Morgan fingerprint density at radius 2 is 2.12 bits per heavy atom. The lowest BCUT2D eigenvalue weighted by Crippen LogP contribution is -2.31. The van der Waals surface area contributed by atoms with Gasteiger partial charge in [0.25, 0.3) is 0 Å². The Hall–Kier alpha value is -2.34. The van der Waals surface area contributed by atoms with E-state index in [1.807, 2.05) is 24.5 Å². The van der Waals surface area contributed by atoms with Gasteiger partial charge in [0, 0.05) is 43.9 Å². The van der Waals surface area contributed by atoms with E-state index in [2.05, 4.69) is 24.8 Å². The van der Waals surface area contributed by atoms with Gasteiger partial charge in [0.2, 0.25) is 0 Å². The van der Waals surface area contributed by atoms with Gasteiger partial charge >= 0.3 is 0 Å². The zero-order valence-corrected chi connectivity index (χ0v) is 13.6. The summed E-state index contributed by atoms with van der Waals surface area (Å²) >= 11 is 0. The Labute approximate surface area is 141 Å². The van der Waals surface area contributed by atoms with E-state index in [1.54, 1.807) is 12.4 Å². The Morgan fingerprint density at radius 3 is 2.96 bits per heavy atom. The van der Waals surface area contributed by atoms with Crippen molar-refractivity contribution in [3.8, 4) is 11.3 Å². The van der Waals surface area contributed by atoms with E-state index in [9.17, 15) is 0 Å². The maximum absolute atomic E-state index is 5.44. The molecule has 6 nitrogen and oxygen atoms in total. The molecule has 4 heterocycles. The molecule has 0 saturated carbocycles. The van der Waals surface area contributed by atoms with E-state index in [0.717, 1.165) is 49.3 Å². The average molecular weight is 323 g/mol. The number of pyridine rings is 1. The third-order valence-electron chi connectivity index (χ3n) is 4.66. The summed E-state index contributed by atoms with van der Waals surface area (Å²) in [4.78, 5) is 20.2. The molecule has 1 fully saturated rings. The number of fused-ring (bicyclic) bond motifs is 1. The first-order valence-electron chi connectivity index (χ1n) is 8.53. The van der Waals surface area contributed by atoms with E-state index < -0.39 is 0 Å². The molecule has 2 aliphatic heterocycles. The molecule has 2 aliphatic rings. The number of hydrogen-bond donors (Lipinski definition) is 0. The van der Waals surface area contributed by atoms with Gasteiger partial charge in [0.15, 0.2) is 11.6 Å². The summed E-state index contributed by atoms with van der Waals surface area (Å²) < 4.78 is 5.44. The second-order valence-electron chi connectivity index (χ2n) is 6.25. The van der Waals surface area contributed by atoms with Crippen LogP contribution >= 0.6 is 0 Å². The lowest BCUT2D eigenvalue weighted by atomic mass is 9.96. The molecule has 0 aromatic carbocycles. The second-order valence-corrected chi connectivity index (χ2v) is 6.25. The first kappa shape index (κ1) is 15.2. The summed E-state index contributed by atoms with van der Waals surface area (Å²) in [6, 6.07) is 3.89. The van der Waals surface area contributed by atoms with Crippen molar-refractivity contribution < 1.29 is 4.74 Å². The van der Waals surface area contributed by atoms with Crippen molar-refractivity contribution in [2.75, 3.05) is 31.2 Å². The van der Waals surface area contributed by atoms with E-state index >= 15 is 0 Å². The lowest BCUT2D eigenvalue weighted by Gasteiger charge is -2.29. The fourth-order valence-electron chi connectivity index (χ4n) is 3.22. The standard InChI is InChI=1S/C18H21N5O/c1-2-15(12-19-6-1)16-13-21-18-17(22-16)20-7-9-23(18)8-3-14-4-10-24-11-5-14/h1-2,6-7,12-14H,3-5,8-11H2. The molecule has 0 spiro atoms. The molecule has 0 unspecified atom stereocenters. The number of anilines is 1. The molecule has 1 saturated heterocycles. The predicted molar refractivity (Wildman–Crippen MR) is 93.8 cm³/mol. The Morgan fingerprint density at radius 1 is 1.21 bits per heavy atom. The number of aromatic nitrogens is 3.